The molecule has 4 heteroatoms. The molecule has 0 fully saturated rings. The third kappa shape index (κ3) is 30.2. The normalized spacial score (nSPS) is 12.8. The van der Waals surface area contributed by atoms with Crippen LogP contribution in [0.1, 0.15) is 168 Å². The number of hydrogen-bond donors (Lipinski definition) is 1. The van der Waals surface area contributed by atoms with E-state index in [2.05, 4.69) is 67.4 Å². The lowest BCUT2D eigenvalue weighted by atomic mass is 10.0. The Morgan fingerprint density at radius 1 is 0.457 bits per heavy atom. The zero-order chi connectivity index (χ0) is 33.7. The number of aliphatic hydroxyl groups excluding tert-OH is 1. The lowest BCUT2D eigenvalue weighted by Crippen LogP contribution is -2.55. The van der Waals surface area contributed by atoms with E-state index in [1.807, 2.05) is 14.1 Å². The SMILES string of the molecule is CCCCC/C=C\C/C=C\CCCCCCCCOCC(CO)(COCCCCCCCC/C=C\C/C=C\CCCCC)N(C)C. The van der Waals surface area contributed by atoms with Crippen LogP contribution in [-0.2, 0) is 9.47 Å². The van der Waals surface area contributed by atoms with Gasteiger partial charge < -0.3 is 14.6 Å². The Morgan fingerprint density at radius 3 is 1.11 bits per heavy atom. The fraction of sp³-hybridized carbons (Fsp3) is 0.810. The van der Waals surface area contributed by atoms with Crippen molar-refractivity contribution in [2.75, 3.05) is 47.1 Å². The highest BCUT2D eigenvalue weighted by Crippen LogP contribution is 2.16. The molecule has 0 bridgehead atoms. The standard InChI is InChI=1S/C42H79NO3/c1-5-7-9-11-13-15-17-19-21-23-25-27-29-31-33-35-37-45-40-42(39-44,43(3)4)41-46-38-36-34-32-30-28-26-24-22-20-18-16-14-12-10-8-6-2/h13-16,19-22,44H,5-12,17-18,23-41H2,1-4H3/b15-13-,16-14-,21-19-,22-20-. The molecule has 0 aliphatic heterocycles. The maximum Gasteiger partial charge on any atom is 0.0907 e. The molecule has 0 unspecified atom stereocenters. The third-order valence-electron chi connectivity index (χ3n) is 8.96. The van der Waals surface area contributed by atoms with Crippen LogP contribution in [0.5, 0.6) is 0 Å². The van der Waals surface area contributed by atoms with E-state index in [9.17, 15) is 5.11 Å². The van der Waals surface area contributed by atoms with Crippen molar-refractivity contribution in [1.82, 2.24) is 4.90 Å². The number of nitrogens with zero attached hydrogens (tertiary/aromatic N) is 1. The summed E-state index contributed by atoms with van der Waals surface area (Å²) in [6.45, 7) is 7.11. The van der Waals surface area contributed by atoms with Gasteiger partial charge in [0.1, 0.15) is 0 Å². The Bertz CT molecular complexity index is 660. The van der Waals surface area contributed by atoms with Crippen LogP contribution in [0.2, 0.25) is 0 Å². The van der Waals surface area contributed by atoms with Gasteiger partial charge >= 0.3 is 0 Å². The monoisotopic (exact) mass is 646 g/mol. The van der Waals surface area contributed by atoms with Crippen LogP contribution >= 0.6 is 0 Å². The molecule has 1 N–H and O–H groups in total. The summed E-state index contributed by atoms with van der Waals surface area (Å²) in [6.07, 6.45) is 48.7. The third-order valence-corrected chi connectivity index (χ3v) is 8.96. The van der Waals surface area contributed by atoms with Gasteiger partial charge in [-0.2, -0.15) is 0 Å². The van der Waals surface area contributed by atoms with E-state index in [1.165, 1.54) is 128 Å². The molecule has 0 aliphatic carbocycles. The minimum Gasteiger partial charge on any atom is -0.394 e. The van der Waals surface area contributed by atoms with Crippen molar-refractivity contribution in [2.45, 2.75) is 173 Å². The highest BCUT2D eigenvalue weighted by atomic mass is 16.5. The van der Waals surface area contributed by atoms with Crippen LogP contribution in [0.4, 0.5) is 0 Å². The molecule has 0 saturated carbocycles. The van der Waals surface area contributed by atoms with Gasteiger partial charge in [-0.1, -0.05) is 140 Å². The Labute approximate surface area is 288 Å². The fourth-order valence-corrected chi connectivity index (χ4v) is 5.44. The Hall–Kier alpha value is -1.20. The summed E-state index contributed by atoms with van der Waals surface area (Å²) in [5.41, 5.74) is -0.462. The van der Waals surface area contributed by atoms with E-state index in [0.29, 0.717) is 13.2 Å². The van der Waals surface area contributed by atoms with Crippen molar-refractivity contribution in [3.8, 4) is 0 Å². The summed E-state index contributed by atoms with van der Waals surface area (Å²) >= 11 is 0. The topological polar surface area (TPSA) is 41.9 Å². The number of aliphatic hydroxyl groups is 1. The minimum absolute atomic E-state index is 0.0490. The molecular formula is C42H79NO3. The molecule has 46 heavy (non-hydrogen) atoms. The van der Waals surface area contributed by atoms with E-state index in [0.717, 1.165) is 38.9 Å². The fourth-order valence-electron chi connectivity index (χ4n) is 5.44. The minimum atomic E-state index is -0.462. The Kier molecular flexibility index (Phi) is 35.7. The van der Waals surface area contributed by atoms with E-state index < -0.39 is 5.54 Å². The number of ether oxygens (including phenoxy) is 2. The Balaban J connectivity index is 3.72. The van der Waals surface area contributed by atoms with Gasteiger partial charge in [0.15, 0.2) is 0 Å². The van der Waals surface area contributed by atoms with Gasteiger partial charge in [-0.25, -0.2) is 0 Å². The second kappa shape index (κ2) is 36.6. The lowest BCUT2D eigenvalue weighted by Gasteiger charge is -2.37. The van der Waals surface area contributed by atoms with Crippen molar-refractivity contribution in [1.29, 1.82) is 0 Å². The van der Waals surface area contributed by atoms with E-state index in [-0.39, 0.29) is 6.61 Å². The number of unbranched alkanes of at least 4 members (excludes halogenated alkanes) is 18. The van der Waals surface area contributed by atoms with Crippen LogP contribution in [0.25, 0.3) is 0 Å². The largest absolute Gasteiger partial charge is 0.394 e. The molecule has 0 radical (unpaired) electrons. The first-order valence-corrected chi connectivity index (χ1v) is 19.7. The highest BCUT2D eigenvalue weighted by molar-refractivity contribution is 4.93. The van der Waals surface area contributed by atoms with Gasteiger partial charge in [0, 0.05) is 13.2 Å². The second-order valence-corrected chi connectivity index (χ2v) is 13.6. The average molecular weight is 646 g/mol. The summed E-state index contributed by atoms with van der Waals surface area (Å²) in [6, 6.07) is 0. The predicted molar refractivity (Wildman–Crippen MR) is 204 cm³/mol. The van der Waals surface area contributed by atoms with Crippen LogP contribution < -0.4 is 0 Å². The van der Waals surface area contributed by atoms with Crippen molar-refractivity contribution >= 4 is 0 Å². The first-order chi connectivity index (χ1) is 22.6. The average Bonchev–Trinajstić information content (AvgIpc) is 3.06. The molecule has 0 aliphatic rings. The molecule has 0 heterocycles. The first kappa shape index (κ1) is 44.8. The summed E-state index contributed by atoms with van der Waals surface area (Å²) in [5.74, 6) is 0. The number of allylic oxidation sites excluding steroid dienone is 8. The number of rotatable bonds is 36. The van der Waals surface area contributed by atoms with Crippen LogP contribution in [0, 0.1) is 0 Å². The molecule has 0 rings (SSSR count). The van der Waals surface area contributed by atoms with Gasteiger partial charge in [0.05, 0.1) is 25.4 Å². The van der Waals surface area contributed by atoms with Gasteiger partial charge in [-0.15, -0.1) is 0 Å². The smallest absolute Gasteiger partial charge is 0.0907 e. The van der Waals surface area contributed by atoms with Crippen LogP contribution in [0.15, 0.2) is 48.6 Å². The molecule has 0 saturated heterocycles. The van der Waals surface area contributed by atoms with Crippen LogP contribution in [0.3, 0.4) is 0 Å². The molecule has 270 valence electrons. The van der Waals surface area contributed by atoms with Crippen molar-refractivity contribution in [3.63, 3.8) is 0 Å². The maximum atomic E-state index is 10.2. The summed E-state index contributed by atoms with van der Waals surface area (Å²) in [5, 5.41) is 10.2. The van der Waals surface area contributed by atoms with Crippen molar-refractivity contribution in [3.05, 3.63) is 48.6 Å². The molecule has 0 aromatic rings. The molecule has 0 amide bonds. The lowest BCUT2D eigenvalue weighted by molar-refractivity contribution is -0.0684. The molecular weight excluding hydrogens is 566 g/mol. The summed E-state index contributed by atoms with van der Waals surface area (Å²) in [4.78, 5) is 2.07. The van der Waals surface area contributed by atoms with Crippen LogP contribution in [-0.4, -0.2) is 62.7 Å². The van der Waals surface area contributed by atoms with Gasteiger partial charge in [0.25, 0.3) is 0 Å². The molecule has 4 nitrogen and oxygen atoms in total. The predicted octanol–water partition coefficient (Wildman–Crippen LogP) is 11.9. The number of likely N-dealkylation sites (N-methyl/N-ethyl adjacent to an activating group) is 1. The summed E-state index contributed by atoms with van der Waals surface area (Å²) in [7, 11) is 4.04. The molecule has 0 atom stereocenters. The zero-order valence-corrected chi connectivity index (χ0v) is 31.3. The van der Waals surface area contributed by atoms with E-state index in [1.54, 1.807) is 0 Å². The van der Waals surface area contributed by atoms with Crippen molar-refractivity contribution < 1.29 is 14.6 Å². The van der Waals surface area contributed by atoms with E-state index in [4.69, 9.17) is 9.47 Å². The first-order valence-electron chi connectivity index (χ1n) is 19.7. The maximum absolute atomic E-state index is 10.2. The second-order valence-electron chi connectivity index (χ2n) is 13.6. The van der Waals surface area contributed by atoms with Gasteiger partial charge in [0.2, 0.25) is 0 Å². The number of hydrogen-bond acceptors (Lipinski definition) is 4. The summed E-state index contributed by atoms with van der Waals surface area (Å²) < 4.78 is 12.1. The van der Waals surface area contributed by atoms with Crippen molar-refractivity contribution in [2.24, 2.45) is 0 Å². The highest BCUT2D eigenvalue weighted by Gasteiger charge is 2.33. The quantitative estimate of drug-likeness (QED) is 0.0544. The van der Waals surface area contributed by atoms with Gasteiger partial charge in [-0.3, -0.25) is 4.90 Å². The molecule has 0 spiro atoms. The Morgan fingerprint density at radius 2 is 0.783 bits per heavy atom. The van der Waals surface area contributed by atoms with E-state index >= 15 is 0 Å². The van der Waals surface area contributed by atoms with Gasteiger partial charge in [-0.05, 0) is 91.1 Å². The molecule has 0 aromatic carbocycles. The molecule has 0 aromatic heterocycles. The zero-order valence-electron chi connectivity index (χ0n) is 31.3.